The Labute approximate surface area is 134 Å². The van der Waals surface area contributed by atoms with E-state index in [4.69, 9.17) is 14.7 Å². The maximum Gasteiger partial charge on any atom is 0.266 e. The second-order valence-electron chi connectivity index (χ2n) is 5.14. The third-order valence-corrected chi connectivity index (χ3v) is 3.86. The number of amides is 2. The lowest BCUT2D eigenvalue weighted by Crippen LogP contribution is -2.57. The first kappa shape index (κ1) is 16.8. The monoisotopic (exact) mass is 320 g/mol. The molecule has 0 aliphatic carbocycles. The zero-order valence-corrected chi connectivity index (χ0v) is 13.2. The van der Waals surface area contributed by atoms with Gasteiger partial charge in [-0.15, -0.1) is 6.58 Å². The first-order valence-corrected chi connectivity index (χ1v) is 7.18. The largest absolute Gasteiger partial charge is 0.493 e. The molecule has 1 atom stereocenters. The van der Waals surface area contributed by atoms with E-state index in [-0.39, 0.29) is 5.91 Å². The number of hydrogen-bond donors (Lipinski definition) is 2. The minimum atomic E-state index is -0.650. The molecule has 0 spiro atoms. The van der Waals surface area contributed by atoms with E-state index in [1.165, 1.54) is 19.1 Å². The summed E-state index contributed by atoms with van der Waals surface area (Å²) >= 11 is 0. The highest BCUT2D eigenvalue weighted by Crippen LogP contribution is 2.34. The summed E-state index contributed by atoms with van der Waals surface area (Å²) in [5.41, 5.74) is 2.76. The van der Waals surface area contributed by atoms with Gasteiger partial charge in [-0.25, -0.2) is 5.48 Å². The van der Waals surface area contributed by atoms with Crippen molar-refractivity contribution in [2.24, 2.45) is 0 Å². The molecule has 7 nitrogen and oxygen atoms in total. The van der Waals surface area contributed by atoms with Crippen molar-refractivity contribution < 1.29 is 24.3 Å². The molecule has 7 heteroatoms. The van der Waals surface area contributed by atoms with Gasteiger partial charge in [0.25, 0.3) is 11.8 Å². The number of hydroxylamine groups is 1. The van der Waals surface area contributed by atoms with Crippen LogP contribution in [0.1, 0.15) is 22.3 Å². The molecule has 1 heterocycles. The minimum Gasteiger partial charge on any atom is -0.493 e. The molecule has 0 aromatic heterocycles. The molecule has 1 aliphatic heterocycles. The Morgan fingerprint density at radius 2 is 2.17 bits per heavy atom. The predicted octanol–water partition coefficient (Wildman–Crippen LogP) is 1.15. The van der Waals surface area contributed by atoms with Gasteiger partial charge >= 0.3 is 0 Å². The van der Waals surface area contributed by atoms with Crippen molar-refractivity contribution in [2.75, 3.05) is 20.8 Å². The Kier molecular flexibility index (Phi) is 5.23. The molecule has 0 bridgehead atoms. The number of allylic oxidation sites excluding steroid dienone is 1. The number of hydrogen-bond acceptors (Lipinski definition) is 5. The number of nitrogens with zero attached hydrogens (tertiary/aromatic N) is 1. The lowest BCUT2D eigenvalue weighted by molar-refractivity contribution is -0.137. The molecule has 2 N–H and O–H groups in total. The van der Waals surface area contributed by atoms with Gasteiger partial charge in [-0.05, 0) is 25.0 Å². The van der Waals surface area contributed by atoms with E-state index in [1.54, 1.807) is 23.7 Å². The molecule has 23 heavy (non-hydrogen) atoms. The summed E-state index contributed by atoms with van der Waals surface area (Å²) in [4.78, 5) is 25.6. The Morgan fingerprint density at radius 3 is 2.65 bits per heavy atom. The Balaban J connectivity index is 2.35. The van der Waals surface area contributed by atoms with E-state index in [0.29, 0.717) is 36.4 Å². The van der Waals surface area contributed by atoms with Crippen molar-refractivity contribution in [1.82, 2.24) is 10.4 Å². The van der Waals surface area contributed by atoms with Gasteiger partial charge in [0.1, 0.15) is 6.04 Å². The molecule has 124 valence electrons. The Hall–Kier alpha value is -2.54. The van der Waals surface area contributed by atoms with Crippen LogP contribution in [0.25, 0.3) is 0 Å². The lowest BCUT2D eigenvalue weighted by atomic mass is 9.98. The van der Waals surface area contributed by atoms with Crippen LogP contribution in [0.2, 0.25) is 0 Å². The van der Waals surface area contributed by atoms with Crippen LogP contribution in [0.5, 0.6) is 11.5 Å². The second kappa shape index (κ2) is 7.15. The average molecular weight is 320 g/mol. The van der Waals surface area contributed by atoms with Crippen LogP contribution in [0.4, 0.5) is 0 Å². The molecular formula is C16H20N2O5. The summed E-state index contributed by atoms with van der Waals surface area (Å²) in [6.45, 7) is 4.16. The van der Waals surface area contributed by atoms with Gasteiger partial charge in [0.15, 0.2) is 11.5 Å². The van der Waals surface area contributed by atoms with Crippen LogP contribution in [0, 0.1) is 0 Å². The number of methoxy groups -OCH3 is 2. The van der Waals surface area contributed by atoms with Crippen LogP contribution in [-0.4, -0.2) is 48.7 Å². The highest BCUT2D eigenvalue weighted by molar-refractivity contribution is 5.99. The minimum absolute atomic E-state index is 0.295. The summed E-state index contributed by atoms with van der Waals surface area (Å²) in [6.07, 6.45) is 2.74. The highest BCUT2D eigenvalue weighted by Gasteiger charge is 2.38. The summed E-state index contributed by atoms with van der Waals surface area (Å²) in [6, 6.07) is 2.64. The fraction of sp³-hybridized carbons (Fsp3) is 0.375. The number of carbonyl (C=O) groups is 2. The topological polar surface area (TPSA) is 88.1 Å². The van der Waals surface area contributed by atoms with Gasteiger partial charge in [0.2, 0.25) is 0 Å². The fourth-order valence-corrected chi connectivity index (χ4v) is 2.62. The molecule has 2 amide bonds. The zero-order valence-electron chi connectivity index (χ0n) is 13.2. The van der Waals surface area contributed by atoms with E-state index < -0.39 is 11.9 Å². The smallest absolute Gasteiger partial charge is 0.266 e. The van der Waals surface area contributed by atoms with Crippen molar-refractivity contribution in [3.8, 4) is 11.5 Å². The van der Waals surface area contributed by atoms with Gasteiger partial charge in [0, 0.05) is 17.7 Å². The quantitative estimate of drug-likeness (QED) is 0.466. The van der Waals surface area contributed by atoms with Crippen LogP contribution < -0.4 is 15.0 Å². The Bertz CT molecular complexity index is 629. The molecule has 1 aromatic rings. The maximum absolute atomic E-state index is 12.6. The number of carbonyl (C=O) groups excluding carboxylic acids is 2. The van der Waals surface area contributed by atoms with Crippen LogP contribution in [-0.2, 0) is 11.2 Å². The van der Waals surface area contributed by atoms with E-state index in [2.05, 4.69) is 6.58 Å². The first-order chi connectivity index (χ1) is 11.1. The summed E-state index contributed by atoms with van der Waals surface area (Å²) < 4.78 is 10.6. The van der Waals surface area contributed by atoms with Crippen molar-refractivity contribution in [2.45, 2.75) is 18.9 Å². The van der Waals surface area contributed by atoms with E-state index in [0.717, 1.165) is 5.56 Å². The molecule has 2 rings (SSSR count). The summed E-state index contributed by atoms with van der Waals surface area (Å²) in [7, 11) is 3.03. The van der Waals surface area contributed by atoms with Crippen molar-refractivity contribution in [1.29, 1.82) is 0 Å². The lowest BCUT2D eigenvalue weighted by Gasteiger charge is -2.39. The fourth-order valence-electron chi connectivity index (χ4n) is 2.62. The second-order valence-corrected chi connectivity index (χ2v) is 5.14. The van der Waals surface area contributed by atoms with Gasteiger partial charge in [-0.2, -0.15) is 0 Å². The molecule has 1 fully saturated rings. The van der Waals surface area contributed by atoms with Crippen molar-refractivity contribution in [3.63, 3.8) is 0 Å². The molecule has 0 unspecified atom stereocenters. The molecule has 1 aliphatic rings. The highest BCUT2D eigenvalue weighted by atomic mass is 16.5. The van der Waals surface area contributed by atoms with Crippen molar-refractivity contribution >= 4 is 11.8 Å². The number of nitrogens with one attached hydrogen (secondary N) is 1. The Morgan fingerprint density at radius 1 is 1.43 bits per heavy atom. The number of ether oxygens (including phenoxy) is 2. The summed E-state index contributed by atoms with van der Waals surface area (Å²) in [5.74, 6) is 0.114. The third-order valence-electron chi connectivity index (χ3n) is 3.86. The molecular weight excluding hydrogens is 300 g/mol. The standard InChI is InChI=1S/C16H20N2O5/c1-4-5-10-8-11(9-13(22-2)14(10)23-3)16(20)18-7-6-12(18)15(19)17-21/h4,8-9,12,21H,1,5-7H2,2-3H3,(H,17,19)/t12-/m1/s1. The van der Waals surface area contributed by atoms with Crippen LogP contribution in [0.15, 0.2) is 24.8 Å². The number of likely N-dealkylation sites (tertiary alicyclic amines) is 1. The number of rotatable bonds is 6. The third kappa shape index (κ3) is 3.14. The predicted molar refractivity (Wildman–Crippen MR) is 82.8 cm³/mol. The molecule has 0 saturated carbocycles. The average Bonchev–Trinajstić information content (AvgIpc) is 2.52. The molecule has 1 aromatic carbocycles. The molecule has 1 saturated heterocycles. The van der Waals surface area contributed by atoms with E-state index >= 15 is 0 Å². The SMILES string of the molecule is C=CCc1cc(C(=O)N2CC[C@@H]2C(=O)NO)cc(OC)c1OC. The van der Waals surface area contributed by atoms with Gasteiger partial charge in [0.05, 0.1) is 14.2 Å². The van der Waals surface area contributed by atoms with E-state index in [1.807, 2.05) is 0 Å². The zero-order chi connectivity index (χ0) is 17.0. The molecule has 0 radical (unpaired) electrons. The van der Waals surface area contributed by atoms with Crippen LogP contribution in [0.3, 0.4) is 0 Å². The van der Waals surface area contributed by atoms with Gasteiger partial charge < -0.3 is 14.4 Å². The number of benzene rings is 1. The normalized spacial score (nSPS) is 16.3. The summed E-state index contributed by atoms with van der Waals surface area (Å²) in [5, 5.41) is 8.72. The van der Waals surface area contributed by atoms with Gasteiger partial charge in [-0.1, -0.05) is 6.08 Å². The van der Waals surface area contributed by atoms with Crippen LogP contribution >= 0.6 is 0 Å². The van der Waals surface area contributed by atoms with E-state index in [9.17, 15) is 9.59 Å². The first-order valence-electron chi connectivity index (χ1n) is 7.18. The maximum atomic E-state index is 12.6. The van der Waals surface area contributed by atoms with Gasteiger partial charge in [-0.3, -0.25) is 14.8 Å². The van der Waals surface area contributed by atoms with Crippen molar-refractivity contribution in [3.05, 3.63) is 35.9 Å².